The van der Waals surface area contributed by atoms with E-state index in [1.54, 1.807) is 24.3 Å². The van der Waals surface area contributed by atoms with Crippen molar-refractivity contribution in [3.8, 4) is 5.75 Å². The minimum absolute atomic E-state index is 0.0356. The Labute approximate surface area is 214 Å². The van der Waals surface area contributed by atoms with E-state index in [0.29, 0.717) is 36.4 Å². The molecule has 0 saturated carbocycles. The minimum atomic E-state index is -3.93. The van der Waals surface area contributed by atoms with Crippen LogP contribution in [0.15, 0.2) is 77.7 Å². The zero-order valence-corrected chi connectivity index (χ0v) is 20.7. The summed E-state index contributed by atoms with van der Waals surface area (Å²) in [5, 5.41) is 0. The zero-order chi connectivity index (χ0) is 26.2. The first kappa shape index (κ1) is 24.7. The summed E-state index contributed by atoms with van der Waals surface area (Å²) in [6.45, 7) is 0.594. The topological polar surface area (TPSA) is 127 Å². The van der Waals surface area contributed by atoms with Crippen molar-refractivity contribution in [2.45, 2.75) is 30.3 Å². The molecule has 0 radical (unpaired) electrons. The van der Waals surface area contributed by atoms with Gasteiger partial charge < -0.3 is 15.4 Å². The van der Waals surface area contributed by atoms with Gasteiger partial charge in [0.1, 0.15) is 12.4 Å². The average Bonchev–Trinajstić information content (AvgIpc) is 3.48. The highest BCUT2D eigenvalue weighted by Crippen LogP contribution is 2.34. The van der Waals surface area contributed by atoms with Crippen molar-refractivity contribution >= 4 is 33.3 Å². The number of hydrogen-bond donors (Lipinski definition) is 1. The lowest BCUT2D eigenvalue weighted by Gasteiger charge is -2.24. The van der Waals surface area contributed by atoms with Gasteiger partial charge in [-0.15, -0.1) is 0 Å². The highest BCUT2D eigenvalue weighted by molar-refractivity contribution is 7.89. The lowest BCUT2D eigenvalue weighted by Crippen LogP contribution is -2.39. The number of rotatable bonds is 8. The van der Waals surface area contributed by atoms with Gasteiger partial charge in [-0.1, -0.05) is 30.3 Å². The molecular formula is C27H25N3O6S. The fraction of sp³-hybridized carbons (Fsp3) is 0.222. The van der Waals surface area contributed by atoms with Crippen LogP contribution in [0.5, 0.6) is 5.75 Å². The van der Waals surface area contributed by atoms with Crippen molar-refractivity contribution in [1.29, 1.82) is 0 Å². The highest BCUT2D eigenvalue weighted by atomic mass is 32.2. The molecule has 10 heteroatoms. The zero-order valence-electron chi connectivity index (χ0n) is 19.9. The largest absolute Gasteiger partial charge is 0.492 e. The Kier molecular flexibility index (Phi) is 6.53. The summed E-state index contributed by atoms with van der Waals surface area (Å²) in [6.07, 6.45) is 1.36. The number of amides is 2. The van der Waals surface area contributed by atoms with Crippen LogP contribution >= 0.6 is 0 Å². The normalized spacial score (nSPS) is 17.7. The highest BCUT2D eigenvalue weighted by Gasteiger charge is 2.40. The van der Waals surface area contributed by atoms with Crippen LogP contribution in [0.2, 0.25) is 0 Å². The molecule has 0 spiro atoms. The van der Waals surface area contributed by atoms with E-state index in [0.717, 1.165) is 0 Å². The van der Waals surface area contributed by atoms with E-state index in [4.69, 9.17) is 10.5 Å². The van der Waals surface area contributed by atoms with E-state index in [-0.39, 0.29) is 35.2 Å². The second-order valence-electron chi connectivity index (χ2n) is 9.00. The Morgan fingerprint density at radius 1 is 1.00 bits per heavy atom. The number of ether oxygens (including phenoxy) is 1. The summed E-state index contributed by atoms with van der Waals surface area (Å²) < 4.78 is 34.3. The molecule has 3 aromatic rings. The molecule has 5 rings (SSSR count). The summed E-state index contributed by atoms with van der Waals surface area (Å²) in [5.74, 6) is -1.47. The summed E-state index contributed by atoms with van der Waals surface area (Å²) in [6, 6.07) is 19.5. The maximum atomic E-state index is 13.5. The van der Waals surface area contributed by atoms with E-state index in [2.05, 4.69) is 0 Å². The van der Waals surface area contributed by atoms with E-state index in [9.17, 15) is 22.8 Å². The Hall–Kier alpha value is -4.02. The fourth-order valence-electron chi connectivity index (χ4n) is 4.74. The molecule has 2 amide bonds. The Morgan fingerprint density at radius 3 is 2.54 bits per heavy atom. The van der Waals surface area contributed by atoms with Crippen molar-refractivity contribution in [2.24, 2.45) is 5.73 Å². The van der Waals surface area contributed by atoms with Gasteiger partial charge in [-0.05, 0) is 60.9 Å². The first-order valence-corrected chi connectivity index (χ1v) is 13.3. The second-order valence-corrected chi connectivity index (χ2v) is 10.9. The van der Waals surface area contributed by atoms with Gasteiger partial charge in [-0.25, -0.2) is 8.42 Å². The van der Waals surface area contributed by atoms with E-state index in [1.165, 1.54) is 27.4 Å². The molecule has 2 aliphatic rings. The van der Waals surface area contributed by atoms with Crippen molar-refractivity contribution in [2.75, 3.05) is 18.1 Å². The number of nitrogens with zero attached hydrogens (tertiary/aromatic N) is 2. The Balaban J connectivity index is 1.38. The number of primary amides is 1. The fourth-order valence-corrected chi connectivity index (χ4v) is 6.45. The van der Waals surface area contributed by atoms with Crippen molar-refractivity contribution in [1.82, 2.24) is 4.31 Å². The molecule has 2 heterocycles. The first-order chi connectivity index (χ1) is 17.8. The predicted molar refractivity (Wildman–Crippen MR) is 136 cm³/mol. The number of para-hydroxylation sites is 1. The van der Waals surface area contributed by atoms with Crippen LogP contribution in [0.4, 0.5) is 5.69 Å². The smallest absolute Gasteiger partial charge is 0.299 e. The van der Waals surface area contributed by atoms with Gasteiger partial charge >= 0.3 is 0 Å². The van der Waals surface area contributed by atoms with Crippen molar-refractivity contribution in [3.63, 3.8) is 0 Å². The molecular weight excluding hydrogens is 494 g/mol. The van der Waals surface area contributed by atoms with Gasteiger partial charge in [0.25, 0.3) is 11.7 Å². The molecule has 2 aliphatic heterocycles. The van der Waals surface area contributed by atoms with E-state index in [1.807, 2.05) is 30.3 Å². The Bertz CT molecular complexity index is 1490. The third-order valence-electron chi connectivity index (χ3n) is 6.61. The molecule has 2 N–H and O–H groups in total. The molecule has 1 fully saturated rings. The predicted octanol–water partition coefficient (Wildman–Crippen LogP) is 2.75. The number of fused-ring (bicyclic) bond motifs is 1. The van der Waals surface area contributed by atoms with Gasteiger partial charge in [-0.3, -0.25) is 14.4 Å². The first-order valence-electron chi connectivity index (χ1n) is 11.8. The van der Waals surface area contributed by atoms with E-state index < -0.39 is 27.6 Å². The van der Waals surface area contributed by atoms with Gasteiger partial charge in [0.05, 0.1) is 28.7 Å². The number of Topliss-reactive ketones (excluding diaryl/α,β-unsaturated/α-hetero) is 1. The summed E-state index contributed by atoms with van der Waals surface area (Å²) in [5.41, 5.74) is 6.60. The molecule has 37 heavy (non-hydrogen) atoms. The van der Waals surface area contributed by atoms with Crippen LogP contribution in [0.3, 0.4) is 0 Å². The van der Waals surface area contributed by atoms with Crippen molar-refractivity contribution < 1.29 is 27.5 Å². The number of carbonyl (C=O) groups excluding carboxylic acids is 3. The van der Waals surface area contributed by atoms with Crippen LogP contribution in [-0.4, -0.2) is 49.5 Å². The molecule has 0 aromatic heterocycles. The molecule has 1 atom stereocenters. The molecule has 0 bridgehead atoms. The molecule has 0 unspecified atom stereocenters. The van der Waals surface area contributed by atoms with Gasteiger partial charge in [0, 0.05) is 12.1 Å². The average molecular weight is 520 g/mol. The number of sulfonamides is 1. The van der Waals surface area contributed by atoms with E-state index >= 15 is 0 Å². The molecule has 9 nitrogen and oxygen atoms in total. The maximum absolute atomic E-state index is 13.5. The summed E-state index contributed by atoms with van der Waals surface area (Å²) in [4.78, 5) is 38.3. The number of benzene rings is 3. The minimum Gasteiger partial charge on any atom is -0.492 e. The summed E-state index contributed by atoms with van der Waals surface area (Å²) in [7, 11) is -3.93. The standard InChI is InChI=1S/C27H25N3O6S/c28-26(32)19-7-4-6-18(14-19)16-29-24-12-11-22(15-23(24)25(31)27(29)33)37(34,35)30-13-5-8-20(30)17-36-21-9-2-1-3-10-21/h1-4,6-7,9-12,14-15,20H,5,8,13,16-17H2,(H2,28,32)/t20-/m0/s1. The second kappa shape index (κ2) is 9.79. The van der Waals surface area contributed by atoms with Crippen molar-refractivity contribution in [3.05, 3.63) is 89.5 Å². The van der Waals surface area contributed by atoms with Gasteiger partial charge in [0.2, 0.25) is 15.9 Å². The summed E-state index contributed by atoms with van der Waals surface area (Å²) >= 11 is 0. The third kappa shape index (κ3) is 4.73. The number of hydrogen-bond acceptors (Lipinski definition) is 6. The number of anilines is 1. The van der Waals surface area contributed by atoms with Crippen LogP contribution in [0, 0.1) is 0 Å². The van der Waals surface area contributed by atoms with Gasteiger partial charge in [-0.2, -0.15) is 4.31 Å². The molecule has 190 valence electrons. The lowest BCUT2D eigenvalue weighted by atomic mass is 10.1. The van der Waals surface area contributed by atoms with Gasteiger partial charge in [0.15, 0.2) is 0 Å². The molecule has 1 saturated heterocycles. The van der Waals surface area contributed by atoms with Crippen LogP contribution in [0.1, 0.15) is 39.1 Å². The molecule has 0 aliphatic carbocycles. The number of nitrogens with two attached hydrogens (primary N) is 1. The monoisotopic (exact) mass is 519 g/mol. The lowest BCUT2D eigenvalue weighted by molar-refractivity contribution is -0.114. The third-order valence-corrected chi connectivity index (χ3v) is 8.56. The SMILES string of the molecule is NC(=O)c1cccc(CN2C(=O)C(=O)c3cc(S(=O)(=O)N4CCC[C@H]4COc4ccccc4)ccc32)c1. The van der Waals surface area contributed by atoms with Crippen LogP contribution in [0.25, 0.3) is 0 Å². The van der Waals surface area contributed by atoms with Crippen LogP contribution < -0.4 is 15.4 Å². The Morgan fingerprint density at radius 2 is 1.78 bits per heavy atom. The number of carbonyl (C=O) groups is 3. The quantitative estimate of drug-likeness (QED) is 0.456. The maximum Gasteiger partial charge on any atom is 0.299 e. The molecule has 3 aromatic carbocycles. The number of ketones is 1. The van der Waals surface area contributed by atoms with Crippen LogP contribution in [-0.2, 0) is 21.4 Å².